The Morgan fingerprint density at radius 3 is 2.85 bits per heavy atom. The molecule has 0 saturated carbocycles. The Kier molecular flexibility index (Phi) is 5.62. The summed E-state index contributed by atoms with van der Waals surface area (Å²) in [6.07, 6.45) is 3.19. The summed E-state index contributed by atoms with van der Waals surface area (Å²) in [5.41, 5.74) is 1.75. The number of hydrogen-bond acceptors (Lipinski definition) is 8. The van der Waals surface area contributed by atoms with Crippen LogP contribution in [0.3, 0.4) is 0 Å². The molecule has 0 aromatic carbocycles. The highest BCUT2D eigenvalue weighted by atomic mass is 32.1. The Morgan fingerprint density at radius 1 is 1.23 bits per heavy atom. The van der Waals surface area contributed by atoms with E-state index in [2.05, 4.69) is 20.3 Å². The predicted molar refractivity (Wildman–Crippen MR) is 101 cm³/mol. The van der Waals surface area contributed by atoms with Gasteiger partial charge in [-0.05, 0) is 32.4 Å². The number of thiophene rings is 1. The molecule has 0 bridgehead atoms. The molecule has 0 spiro atoms. The third-order valence-corrected chi connectivity index (χ3v) is 4.94. The van der Waals surface area contributed by atoms with Gasteiger partial charge < -0.3 is 14.8 Å². The Morgan fingerprint density at radius 2 is 2.08 bits per heavy atom. The smallest absolute Gasteiger partial charge is 0.348 e. The van der Waals surface area contributed by atoms with Crippen LogP contribution in [-0.2, 0) is 11.3 Å². The lowest BCUT2D eigenvalue weighted by atomic mass is 10.2. The SMILES string of the molecule is CCOC(=O)c1sc2ncnc(NCc3cccnc3OCC)c2c1C. The van der Waals surface area contributed by atoms with Crippen molar-refractivity contribution < 1.29 is 14.3 Å². The second kappa shape index (κ2) is 8.09. The van der Waals surface area contributed by atoms with E-state index in [-0.39, 0.29) is 5.97 Å². The number of carbonyl (C=O) groups excluding carboxylic acids is 1. The monoisotopic (exact) mass is 372 g/mol. The molecule has 0 aliphatic carbocycles. The van der Waals surface area contributed by atoms with Crippen molar-refractivity contribution >= 4 is 33.3 Å². The van der Waals surface area contributed by atoms with Crippen molar-refractivity contribution in [3.05, 3.63) is 40.7 Å². The maximum atomic E-state index is 12.1. The molecule has 0 aliphatic rings. The van der Waals surface area contributed by atoms with E-state index in [1.54, 1.807) is 13.1 Å². The predicted octanol–water partition coefficient (Wildman–Crippen LogP) is 3.58. The topological polar surface area (TPSA) is 86.2 Å². The van der Waals surface area contributed by atoms with E-state index in [4.69, 9.17) is 9.47 Å². The fraction of sp³-hybridized carbons (Fsp3) is 0.333. The Bertz CT molecular complexity index is 926. The Labute approximate surface area is 155 Å². The summed E-state index contributed by atoms with van der Waals surface area (Å²) in [5.74, 6) is 0.942. The van der Waals surface area contributed by atoms with E-state index in [1.165, 1.54) is 17.7 Å². The first-order valence-corrected chi connectivity index (χ1v) is 9.19. The van der Waals surface area contributed by atoms with Crippen molar-refractivity contribution in [1.82, 2.24) is 15.0 Å². The van der Waals surface area contributed by atoms with Gasteiger partial charge in [0.25, 0.3) is 0 Å². The summed E-state index contributed by atoms with van der Waals surface area (Å²) >= 11 is 1.32. The maximum Gasteiger partial charge on any atom is 0.348 e. The first kappa shape index (κ1) is 18.1. The van der Waals surface area contributed by atoms with Gasteiger partial charge in [-0.25, -0.2) is 19.7 Å². The third kappa shape index (κ3) is 3.60. The summed E-state index contributed by atoms with van der Waals surface area (Å²) in [6, 6.07) is 3.82. The number of rotatable bonds is 7. The average molecular weight is 372 g/mol. The highest BCUT2D eigenvalue weighted by molar-refractivity contribution is 7.20. The van der Waals surface area contributed by atoms with Gasteiger partial charge in [-0.1, -0.05) is 6.07 Å². The molecule has 7 nitrogen and oxygen atoms in total. The van der Waals surface area contributed by atoms with Crippen LogP contribution in [0.25, 0.3) is 10.2 Å². The first-order chi connectivity index (χ1) is 12.7. The summed E-state index contributed by atoms with van der Waals surface area (Å²) in [4.78, 5) is 26.3. The van der Waals surface area contributed by atoms with Crippen LogP contribution in [0.2, 0.25) is 0 Å². The Balaban J connectivity index is 1.90. The molecule has 26 heavy (non-hydrogen) atoms. The molecule has 0 unspecified atom stereocenters. The number of esters is 1. The summed E-state index contributed by atoms with van der Waals surface area (Å²) in [6.45, 7) is 6.98. The van der Waals surface area contributed by atoms with Crippen molar-refractivity contribution in [1.29, 1.82) is 0 Å². The number of aryl methyl sites for hydroxylation is 1. The second-order valence-electron chi connectivity index (χ2n) is 5.43. The van der Waals surface area contributed by atoms with Crippen molar-refractivity contribution in [2.24, 2.45) is 0 Å². The molecule has 0 amide bonds. The van der Waals surface area contributed by atoms with E-state index in [9.17, 15) is 4.79 Å². The van der Waals surface area contributed by atoms with E-state index in [0.29, 0.717) is 36.3 Å². The molecule has 136 valence electrons. The Hall–Kier alpha value is -2.74. The number of fused-ring (bicyclic) bond motifs is 1. The quantitative estimate of drug-likeness (QED) is 0.634. The van der Waals surface area contributed by atoms with Crippen molar-refractivity contribution in [2.45, 2.75) is 27.3 Å². The first-order valence-electron chi connectivity index (χ1n) is 8.37. The van der Waals surface area contributed by atoms with E-state index >= 15 is 0 Å². The molecule has 8 heteroatoms. The van der Waals surface area contributed by atoms with Gasteiger partial charge in [0.05, 0.1) is 18.6 Å². The van der Waals surface area contributed by atoms with Crippen LogP contribution < -0.4 is 10.1 Å². The van der Waals surface area contributed by atoms with Gasteiger partial charge in [0, 0.05) is 18.3 Å². The van der Waals surface area contributed by atoms with E-state index in [1.807, 2.05) is 26.0 Å². The summed E-state index contributed by atoms with van der Waals surface area (Å²) < 4.78 is 10.7. The van der Waals surface area contributed by atoms with Gasteiger partial charge in [-0.2, -0.15) is 0 Å². The molecule has 1 N–H and O–H groups in total. The van der Waals surface area contributed by atoms with Crippen LogP contribution in [0.4, 0.5) is 5.82 Å². The molecule has 0 fully saturated rings. The number of carbonyl (C=O) groups is 1. The van der Waals surface area contributed by atoms with Crippen molar-refractivity contribution in [2.75, 3.05) is 18.5 Å². The minimum absolute atomic E-state index is 0.329. The molecule has 0 aliphatic heterocycles. The zero-order chi connectivity index (χ0) is 18.5. The minimum atomic E-state index is -0.329. The third-order valence-electron chi connectivity index (χ3n) is 3.76. The van der Waals surface area contributed by atoms with Crippen LogP contribution in [0.5, 0.6) is 5.88 Å². The maximum absolute atomic E-state index is 12.1. The largest absolute Gasteiger partial charge is 0.478 e. The fourth-order valence-corrected chi connectivity index (χ4v) is 3.64. The highest BCUT2D eigenvalue weighted by Crippen LogP contribution is 2.34. The average Bonchev–Trinajstić information content (AvgIpc) is 2.99. The fourth-order valence-electron chi connectivity index (χ4n) is 2.60. The molecule has 3 heterocycles. The zero-order valence-corrected chi connectivity index (χ0v) is 15.7. The molecule has 0 atom stereocenters. The van der Waals surface area contributed by atoms with Crippen LogP contribution >= 0.6 is 11.3 Å². The number of hydrogen-bond donors (Lipinski definition) is 1. The van der Waals surface area contributed by atoms with Crippen LogP contribution in [0.15, 0.2) is 24.7 Å². The van der Waals surface area contributed by atoms with Gasteiger partial charge >= 0.3 is 5.97 Å². The molecule has 0 radical (unpaired) electrons. The number of pyridine rings is 1. The lowest BCUT2D eigenvalue weighted by Crippen LogP contribution is -2.06. The molecule has 0 saturated heterocycles. The van der Waals surface area contributed by atoms with E-state index < -0.39 is 0 Å². The van der Waals surface area contributed by atoms with E-state index in [0.717, 1.165) is 21.3 Å². The summed E-state index contributed by atoms with van der Waals surface area (Å²) in [5, 5.41) is 4.15. The number of nitrogens with zero attached hydrogens (tertiary/aromatic N) is 3. The van der Waals surface area contributed by atoms with Gasteiger partial charge in [0.2, 0.25) is 5.88 Å². The lowest BCUT2D eigenvalue weighted by molar-refractivity contribution is 0.0531. The molecular formula is C18H20N4O3S. The van der Waals surface area contributed by atoms with Crippen LogP contribution in [0, 0.1) is 6.92 Å². The van der Waals surface area contributed by atoms with Crippen LogP contribution in [-0.4, -0.2) is 34.1 Å². The van der Waals surface area contributed by atoms with Crippen molar-refractivity contribution in [3.8, 4) is 5.88 Å². The summed E-state index contributed by atoms with van der Waals surface area (Å²) in [7, 11) is 0. The van der Waals surface area contributed by atoms with Gasteiger partial charge in [0.15, 0.2) is 0 Å². The highest BCUT2D eigenvalue weighted by Gasteiger charge is 2.20. The van der Waals surface area contributed by atoms with Crippen molar-refractivity contribution in [3.63, 3.8) is 0 Å². The zero-order valence-electron chi connectivity index (χ0n) is 14.9. The number of ether oxygens (including phenoxy) is 2. The molecule has 3 rings (SSSR count). The lowest BCUT2D eigenvalue weighted by Gasteiger charge is -2.11. The van der Waals surface area contributed by atoms with Gasteiger partial charge in [-0.3, -0.25) is 0 Å². The number of aromatic nitrogens is 3. The molecule has 3 aromatic rings. The number of anilines is 1. The normalized spacial score (nSPS) is 10.7. The van der Waals surface area contributed by atoms with Crippen LogP contribution in [0.1, 0.15) is 34.6 Å². The standard InChI is InChI=1S/C18H20N4O3S/c1-4-24-16-12(7-6-8-19-16)9-20-15-13-11(3)14(18(23)25-5-2)26-17(13)22-10-21-15/h6-8,10H,4-5,9H2,1-3H3,(H,20,21,22). The second-order valence-corrected chi connectivity index (χ2v) is 6.43. The minimum Gasteiger partial charge on any atom is -0.478 e. The van der Waals surface area contributed by atoms with Gasteiger partial charge in [0.1, 0.15) is 21.9 Å². The number of nitrogens with one attached hydrogen (secondary N) is 1. The molecule has 3 aromatic heterocycles. The molecular weight excluding hydrogens is 352 g/mol. The van der Waals surface area contributed by atoms with Gasteiger partial charge in [-0.15, -0.1) is 11.3 Å².